The second-order valence-electron chi connectivity index (χ2n) is 6.93. The molecule has 5 heteroatoms. The van der Waals surface area contributed by atoms with Gasteiger partial charge in [-0.3, -0.25) is 0 Å². The van der Waals surface area contributed by atoms with E-state index in [4.69, 9.17) is 0 Å². The average molecular weight is 309 g/mol. The number of anilines is 1. The van der Waals surface area contributed by atoms with Crippen molar-refractivity contribution in [1.82, 2.24) is 19.9 Å². The largest absolute Gasteiger partial charge is 0.351 e. The van der Waals surface area contributed by atoms with Gasteiger partial charge in [0.05, 0.1) is 0 Å². The maximum atomic E-state index is 4.54. The highest BCUT2D eigenvalue weighted by molar-refractivity contribution is 5.57. The first-order chi connectivity index (χ1) is 11.3. The Morgan fingerprint density at radius 1 is 1.04 bits per heavy atom. The van der Waals surface area contributed by atoms with Crippen LogP contribution in [0.15, 0.2) is 30.9 Å². The molecule has 2 aromatic heterocycles. The van der Waals surface area contributed by atoms with Crippen LogP contribution in [0, 0.1) is 5.92 Å². The highest BCUT2D eigenvalue weighted by atomic mass is 15.3. The van der Waals surface area contributed by atoms with E-state index in [1.54, 1.807) is 18.7 Å². The van der Waals surface area contributed by atoms with Crippen molar-refractivity contribution >= 4 is 5.82 Å². The minimum absolute atomic E-state index is 0.254. The Balaban J connectivity index is 1.61. The molecule has 5 nitrogen and oxygen atoms in total. The summed E-state index contributed by atoms with van der Waals surface area (Å²) >= 11 is 0. The van der Waals surface area contributed by atoms with Crippen LogP contribution in [0.1, 0.15) is 45.4 Å². The van der Waals surface area contributed by atoms with E-state index in [-0.39, 0.29) is 5.54 Å². The van der Waals surface area contributed by atoms with E-state index in [0.717, 1.165) is 24.0 Å². The van der Waals surface area contributed by atoms with Crippen LogP contribution in [-0.4, -0.2) is 32.0 Å². The molecule has 0 radical (unpaired) electrons. The van der Waals surface area contributed by atoms with Crippen LogP contribution in [0.2, 0.25) is 0 Å². The fraction of sp³-hybridized carbons (Fsp3) is 0.556. The molecule has 120 valence electrons. The summed E-state index contributed by atoms with van der Waals surface area (Å²) in [7, 11) is 0. The van der Waals surface area contributed by atoms with Gasteiger partial charge in [-0.25, -0.2) is 19.9 Å². The SMILES string of the molecule is CC1(C2CCCCC2)CCN1c1cc(-c2ncccn2)ncn1. The first-order valence-electron chi connectivity index (χ1n) is 8.64. The fourth-order valence-electron chi connectivity index (χ4n) is 4.15. The van der Waals surface area contributed by atoms with Gasteiger partial charge in [0.2, 0.25) is 0 Å². The Kier molecular flexibility index (Phi) is 3.71. The smallest absolute Gasteiger partial charge is 0.178 e. The van der Waals surface area contributed by atoms with Crippen LogP contribution >= 0.6 is 0 Å². The van der Waals surface area contributed by atoms with Gasteiger partial charge in [-0.1, -0.05) is 19.3 Å². The van der Waals surface area contributed by atoms with Crippen LogP contribution in [0.25, 0.3) is 11.5 Å². The molecule has 0 N–H and O–H groups in total. The molecule has 1 saturated carbocycles. The van der Waals surface area contributed by atoms with Gasteiger partial charge in [0.1, 0.15) is 17.8 Å². The first kappa shape index (κ1) is 14.5. The van der Waals surface area contributed by atoms with Crippen LogP contribution < -0.4 is 4.90 Å². The first-order valence-corrected chi connectivity index (χ1v) is 8.64. The topological polar surface area (TPSA) is 54.8 Å². The van der Waals surface area contributed by atoms with Gasteiger partial charge in [-0.05, 0) is 38.2 Å². The van der Waals surface area contributed by atoms with Crippen molar-refractivity contribution in [2.24, 2.45) is 5.92 Å². The molecule has 1 aliphatic heterocycles. The summed E-state index contributed by atoms with van der Waals surface area (Å²) in [4.78, 5) is 20.0. The number of nitrogens with zero attached hydrogens (tertiary/aromatic N) is 5. The van der Waals surface area contributed by atoms with Crippen LogP contribution in [-0.2, 0) is 0 Å². The second-order valence-corrected chi connectivity index (χ2v) is 6.93. The van der Waals surface area contributed by atoms with Crippen molar-refractivity contribution in [1.29, 1.82) is 0 Å². The Morgan fingerprint density at radius 3 is 2.52 bits per heavy atom. The molecule has 2 aromatic rings. The van der Waals surface area contributed by atoms with Gasteiger partial charge in [-0.15, -0.1) is 0 Å². The monoisotopic (exact) mass is 309 g/mol. The van der Waals surface area contributed by atoms with E-state index in [0.29, 0.717) is 5.82 Å². The van der Waals surface area contributed by atoms with Crippen molar-refractivity contribution < 1.29 is 0 Å². The molecule has 1 saturated heterocycles. The predicted octanol–water partition coefficient (Wildman–Crippen LogP) is 3.48. The van der Waals surface area contributed by atoms with Gasteiger partial charge in [0.25, 0.3) is 0 Å². The maximum absolute atomic E-state index is 4.54. The standard InChI is InChI=1S/C18H23N5/c1-18(14-6-3-2-4-7-14)8-11-23(18)16-12-15(21-13-22-16)17-19-9-5-10-20-17/h5,9-10,12-14H,2-4,6-8,11H2,1H3. The quantitative estimate of drug-likeness (QED) is 0.869. The highest BCUT2D eigenvalue weighted by Gasteiger charge is 2.47. The third-order valence-electron chi connectivity index (χ3n) is 5.67. The third-order valence-corrected chi connectivity index (χ3v) is 5.67. The zero-order valence-electron chi connectivity index (χ0n) is 13.6. The summed E-state index contributed by atoms with van der Waals surface area (Å²) in [5.41, 5.74) is 1.05. The lowest BCUT2D eigenvalue weighted by atomic mass is 9.69. The summed E-state index contributed by atoms with van der Waals surface area (Å²) < 4.78 is 0. The van der Waals surface area contributed by atoms with E-state index < -0.39 is 0 Å². The minimum Gasteiger partial charge on any atom is -0.351 e. The van der Waals surface area contributed by atoms with E-state index >= 15 is 0 Å². The van der Waals surface area contributed by atoms with Crippen molar-refractivity contribution in [2.75, 3.05) is 11.4 Å². The number of hydrogen-bond donors (Lipinski definition) is 0. The summed E-state index contributed by atoms with van der Waals surface area (Å²) in [6, 6.07) is 3.86. The molecule has 2 fully saturated rings. The molecule has 23 heavy (non-hydrogen) atoms. The van der Waals surface area contributed by atoms with Crippen molar-refractivity contribution in [3.8, 4) is 11.5 Å². The van der Waals surface area contributed by atoms with Crippen molar-refractivity contribution in [3.05, 3.63) is 30.9 Å². The highest BCUT2D eigenvalue weighted by Crippen LogP contribution is 2.45. The normalized spacial score (nSPS) is 25.2. The lowest BCUT2D eigenvalue weighted by molar-refractivity contribution is 0.149. The lowest BCUT2D eigenvalue weighted by Crippen LogP contribution is -2.63. The summed E-state index contributed by atoms with van der Waals surface area (Å²) in [5, 5.41) is 0. The Morgan fingerprint density at radius 2 is 1.83 bits per heavy atom. The molecule has 2 aliphatic rings. The third kappa shape index (κ3) is 2.58. The summed E-state index contributed by atoms with van der Waals surface area (Å²) in [6.07, 6.45) is 13.3. The van der Waals surface area contributed by atoms with Crippen molar-refractivity contribution in [2.45, 2.75) is 51.0 Å². The molecule has 1 atom stereocenters. The van der Waals surface area contributed by atoms with Crippen LogP contribution in [0.3, 0.4) is 0 Å². The maximum Gasteiger partial charge on any atom is 0.178 e. The molecule has 1 aliphatic carbocycles. The minimum atomic E-state index is 0.254. The molecule has 0 bridgehead atoms. The number of rotatable bonds is 3. The number of aromatic nitrogens is 4. The Hall–Kier alpha value is -2.04. The molecule has 0 aromatic carbocycles. The van der Waals surface area contributed by atoms with Crippen LogP contribution in [0.5, 0.6) is 0 Å². The fourth-order valence-corrected chi connectivity index (χ4v) is 4.15. The molecule has 0 amide bonds. The van der Waals surface area contributed by atoms with E-state index in [2.05, 4.69) is 31.8 Å². The van der Waals surface area contributed by atoms with Gasteiger partial charge in [0, 0.05) is 30.5 Å². The van der Waals surface area contributed by atoms with Gasteiger partial charge in [0.15, 0.2) is 5.82 Å². The predicted molar refractivity (Wildman–Crippen MR) is 90.0 cm³/mol. The molecule has 3 heterocycles. The van der Waals surface area contributed by atoms with Gasteiger partial charge in [-0.2, -0.15) is 0 Å². The van der Waals surface area contributed by atoms with Crippen LogP contribution in [0.4, 0.5) is 5.82 Å². The molecule has 4 rings (SSSR count). The zero-order chi connectivity index (χ0) is 15.7. The van der Waals surface area contributed by atoms with E-state index in [1.165, 1.54) is 38.5 Å². The molecular weight excluding hydrogens is 286 g/mol. The lowest BCUT2D eigenvalue weighted by Gasteiger charge is -2.56. The zero-order valence-corrected chi connectivity index (χ0v) is 13.6. The molecule has 0 spiro atoms. The second kappa shape index (κ2) is 5.87. The van der Waals surface area contributed by atoms with Gasteiger partial charge >= 0.3 is 0 Å². The summed E-state index contributed by atoms with van der Waals surface area (Å²) in [6.45, 7) is 3.49. The molecular formula is C18H23N5. The number of hydrogen-bond acceptors (Lipinski definition) is 5. The van der Waals surface area contributed by atoms with Gasteiger partial charge < -0.3 is 4.90 Å². The summed E-state index contributed by atoms with van der Waals surface area (Å²) in [5.74, 6) is 2.47. The van der Waals surface area contributed by atoms with E-state index in [1.807, 2.05) is 12.1 Å². The Bertz CT molecular complexity index is 668. The van der Waals surface area contributed by atoms with E-state index in [9.17, 15) is 0 Å². The van der Waals surface area contributed by atoms with Crippen molar-refractivity contribution in [3.63, 3.8) is 0 Å². The molecule has 1 unspecified atom stereocenters. The average Bonchev–Trinajstić information content (AvgIpc) is 2.62. The Labute approximate surface area is 137 Å².